The fraction of sp³-hybridized carbons (Fsp3) is 0.571. The van der Waals surface area contributed by atoms with E-state index in [9.17, 15) is 5.11 Å². The van der Waals surface area contributed by atoms with E-state index in [1.807, 2.05) is 30.3 Å². The molecule has 1 aromatic carbocycles. The average molecular weight is 268 g/mol. The lowest BCUT2D eigenvalue weighted by atomic mass is 10.4. The lowest BCUT2D eigenvalue weighted by Gasteiger charge is -2.30. The molecule has 0 bridgehead atoms. The SMILES string of the molecule is CCCO[Si](CCO)(OCCC)c1ccccc1. The van der Waals surface area contributed by atoms with Crippen molar-refractivity contribution in [3.63, 3.8) is 0 Å². The van der Waals surface area contributed by atoms with Crippen molar-refractivity contribution in [3.8, 4) is 0 Å². The maximum absolute atomic E-state index is 9.34. The number of aliphatic hydroxyl groups is 1. The second-order valence-corrected chi connectivity index (χ2v) is 7.45. The Labute approximate surface area is 111 Å². The topological polar surface area (TPSA) is 38.7 Å². The van der Waals surface area contributed by atoms with Crippen molar-refractivity contribution in [2.75, 3.05) is 19.8 Å². The Bertz CT molecular complexity index is 308. The summed E-state index contributed by atoms with van der Waals surface area (Å²) >= 11 is 0. The van der Waals surface area contributed by atoms with Gasteiger partial charge in [0.25, 0.3) is 0 Å². The van der Waals surface area contributed by atoms with E-state index in [0.717, 1.165) is 18.0 Å². The first-order valence-corrected chi connectivity index (χ1v) is 8.75. The molecule has 1 rings (SSSR count). The van der Waals surface area contributed by atoms with Gasteiger partial charge in [0.05, 0.1) is 0 Å². The molecule has 3 nitrogen and oxygen atoms in total. The Morgan fingerprint density at radius 3 is 2.00 bits per heavy atom. The molecule has 0 aliphatic rings. The summed E-state index contributed by atoms with van der Waals surface area (Å²) in [4.78, 5) is 0. The van der Waals surface area contributed by atoms with E-state index in [1.165, 1.54) is 0 Å². The van der Waals surface area contributed by atoms with Gasteiger partial charge in [-0.25, -0.2) is 0 Å². The van der Waals surface area contributed by atoms with Gasteiger partial charge in [0.1, 0.15) is 0 Å². The fourth-order valence-electron chi connectivity index (χ4n) is 1.87. The monoisotopic (exact) mass is 268 g/mol. The van der Waals surface area contributed by atoms with Crippen LogP contribution in [0.3, 0.4) is 0 Å². The normalized spacial score (nSPS) is 11.7. The molecule has 0 spiro atoms. The van der Waals surface area contributed by atoms with Crippen molar-refractivity contribution >= 4 is 13.7 Å². The molecule has 4 heteroatoms. The van der Waals surface area contributed by atoms with Crippen molar-refractivity contribution in [1.29, 1.82) is 0 Å². The molecule has 0 aliphatic carbocycles. The molecule has 18 heavy (non-hydrogen) atoms. The van der Waals surface area contributed by atoms with Crippen LogP contribution in [0.1, 0.15) is 26.7 Å². The molecule has 0 saturated heterocycles. The van der Waals surface area contributed by atoms with Gasteiger partial charge < -0.3 is 14.0 Å². The standard InChI is InChI=1S/C14H24O3Si/c1-3-11-16-18(13-10-15,17-12-4-2)14-8-6-5-7-9-14/h5-9,15H,3-4,10-13H2,1-2H3. The predicted molar refractivity (Wildman–Crippen MR) is 76.2 cm³/mol. The minimum Gasteiger partial charge on any atom is -0.396 e. The van der Waals surface area contributed by atoms with Crippen LogP contribution in [-0.4, -0.2) is 33.5 Å². The van der Waals surface area contributed by atoms with Gasteiger partial charge >= 0.3 is 8.56 Å². The zero-order chi connectivity index (χ0) is 13.3. The summed E-state index contributed by atoms with van der Waals surface area (Å²) in [6.45, 7) is 5.65. The second-order valence-electron chi connectivity index (χ2n) is 4.29. The zero-order valence-electron chi connectivity index (χ0n) is 11.4. The lowest BCUT2D eigenvalue weighted by molar-refractivity contribution is 0.171. The van der Waals surface area contributed by atoms with Crippen LogP contribution >= 0.6 is 0 Å². The lowest BCUT2D eigenvalue weighted by Crippen LogP contribution is -2.54. The van der Waals surface area contributed by atoms with E-state index in [2.05, 4.69) is 13.8 Å². The summed E-state index contributed by atoms with van der Waals surface area (Å²) in [5, 5.41) is 10.4. The highest BCUT2D eigenvalue weighted by Gasteiger charge is 2.39. The van der Waals surface area contributed by atoms with Crippen molar-refractivity contribution in [2.24, 2.45) is 0 Å². The van der Waals surface area contributed by atoms with Crippen molar-refractivity contribution < 1.29 is 14.0 Å². The highest BCUT2D eigenvalue weighted by molar-refractivity contribution is 6.81. The van der Waals surface area contributed by atoms with Crippen LogP contribution in [-0.2, 0) is 8.85 Å². The largest absolute Gasteiger partial charge is 0.396 e. The minimum atomic E-state index is -2.46. The Hall–Kier alpha value is -0.683. The van der Waals surface area contributed by atoms with Gasteiger partial charge in [0, 0.05) is 25.9 Å². The third-order valence-electron chi connectivity index (χ3n) is 2.73. The summed E-state index contributed by atoms with van der Waals surface area (Å²) in [6.07, 6.45) is 1.92. The molecule has 1 N–H and O–H groups in total. The Morgan fingerprint density at radius 1 is 1.00 bits per heavy atom. The maximum Gasteiger partial charge on any atom is 0.374 e. The van der Waals surface area contributed by atoms with E-state index in [4.69, 9.17) is 8.85 Å². The number of benzene rings is 1. The Morgan fingerprint density at radius 2 is 1.56 bits per heavy atom. The van der Waals surface area contributed by atoms with E-state index >= 15 is 0 Å². The third kappa shape index (κ3) is 4.21. The fourth-order valence-corrected chi connectivity index (χ4v) is 4.93. The molecule has 0 radical (unpaired) electrons. The predicted octanol–water partition coefficient (Wildman–Crippen LogP) is 2.18. The van der Waals surface area contributed by atoms with Crippen LogP contribution in [0.15, 0.2) is 30.3 Å². The van der Waals surface area contributed by atoms with E-state index in [0.29, 0.717) is 19.3 Å². The third-order valence-corrected chi connectivity index (χ3v) is 6.17. The van der Waals surface area contributed by atoms with Crippen molar-refractivity contribution in [1.82, 2.24) is 0 Å². The summed E-state index contributed by atoms with van der Waals surface area (Å²) < 4.78 is 12.1. The number of aliphatic hydroxyl groups excluding tert-OH is 1. The van der Waals surface area contributed by atoms with Gasteiger partial charge in [-0.05, 0) is 18.0 Å². The van der Waals surface area contributed by atoms with Gasteiger partial charge in [0.2, 0.25) is 0 Å². The molecule has 0 aliphatic heterocycles. The quantitative estimate of drug-likeness (QED) is 0.698. The average Bonchev–Trinajstić information content (AvgIpc) is 2.43. The number of rotatable bonds is 9. The molecule has 0 heterocycles. The van der Waals surface area contributed by atoms with E-state index < -0.39 is 8.56 Å². The summed E-state index contributed by atoms with van der Waals surface area (Å²) in [7, 11) is -2.46. The summed E-state index contributed by atoms with van der Waals surface area (Å²) in [5.41, 5.74) is 0. The number of hydrogen-bond acceptors (Lipinski definition) is 3. The van der Waals surface area contributed by atoms with Gasteiger partial charge in [-0.1, -0.05) is 44.2 Å². The first-order chi connectivity index (χ1) is 8.79. The van der Waals surface area contributed by atoms with Crippen LogP contribution in [0, 0.1) is 0 Å². The zero-order valence-corrected chi connectivity index (χ0v) is 12.4. The van der Waals surface area contributed by atoms with Crippen LogP contribution < -0.4 is 5.19 Å². The molecular weight excluding hydrogens is 244 g/mol. The number of hydrogen-bond donors (Lipinski definition) is 1. The van der Waals surface area contributed by atoms with E-state index in [-0.39, 0.29) is 6.61 Å². The summed E-state index contributed by atoms with van der Waals surface area (Å²) in [6, 6.07) is 10.7. The van der Waals surface area contributed by atoms with Gasteiger partial charge in [-0.2, -0.15) is 0 Å². The molecule has 0 atom stereocenters. The molecule has 0 aromatic heterocycles. The Balaban J connectivity index is 2.94. The second kappa shape index (κ2) is 8.42. The molecule has 102 valence electrons. The van der Waals surface area contributed by atoms with Gasteiger partial charge in [-0.15, -0.1) is 0 Å². The van der Waals surface area contributed by atoms with Crippen LogP contribution in [0.5, 0.6) is 0 Å². The molecular formula is C14H24O3Si. The van der Waals surface area contributed by atoms with Crippen LogP contribution in [0.2, 0.25) is 6.04 Å². The first kappa shape index (κ1) is 15.4. The van der Waals surface area contributed by atoms with Crippen molar-refractivity contribution in [2.45, 2.75) is 32.7 Å². The maximum atomic E-state index is 9.34. The molecule has 0 amide bonds. The minimum absolute atomic E-state index is 0.106. The molecule has 1 aromatic rings. The smallest absolute Gasteiger partial charge is 0.374 e. The van der Waals surface area contributed by atoms with Crippen molar-refractivity contribution in [3.05, 3.63) is 30.3 Å². The van der Waals surface area contributed by atoms with Crippen LogP contribution in [0.4, 0.5) is 0 Å². The molecule has 0 unspecified atom stereocenters. The van der Waals surface area contributed by atoms with Gasteiger partial charge in [0.15, 0.2) is 0 Å². The first-order valence-electron chi connectivity index (χ1n) is 6.73. The van der Waals surface area contributed by atoms with E-state index in [1.54, 1.807) is 0 Å². The highest BCUT2D eigenvalue weighted by Crippen LogP contribution is 2.15. The molecule has 0 saturated carbocycles. The van der Waals surface area contributed by atoms with Crippen LogP contribution in [0.25, 0.3) is 0 Å². The Kier molecular flexibility index (Phi) is 7.20. The molecule has 0 fully saturated rings. The summed E-state index contributed by atoms with van der Waals surface area (Å²) in [5.74, 6) is 0. The highest BCUT2D eigenvalue weighted by atomic mass is 28.4. The van der Waals surface area contributed by atoms with Gasteiger partial charge in [-0.3, -0.25) is 0 Å².